The average molecular weight is 155 g/mol. The van der Waals surface area contributed by atoms with E-state index < -0.39 is 0 Å². The first-order valence-corrected chi connectivity index (χ1v) is 3.94. The molecule has 0 unspecified atom stereocenters. The third kappa shape index (κ3) is 3.15. The van der Waals surface area contributed by atoms with Gasteiger partial charge in [-0.05, 0) is 6.42 Å². The molecule has 0 rings (SSSR count). The molecule has 3 heteroatoms. The van der Waals surface area contributed by atoms with Gasteiger partial charge in [-0.2, -0.15) is 0 Å². The standard InChI is InChI=1S/C4H8Cl2Si/c1-2-3(7)4(5)6/h2H2,1,7H3. The first-order chi connectivity index (χ1) is 3.18. The Morgan fingerprint density at radius 3 is 2.00 bits per heavy atom. The van der Waals surface area contributed by atoms with Crippen LogP contribution in [0.15, 0.2) is 9.69 Å². The van der Waals surface area contributed by atoms with Gasteiger partial charge in [0.15, 0.2) is 0 Å². The normalized spacial score (nSPS) is 9.00. The van der Waals surface area contributed by atoms with Gasteiger partial charge in [-0.1, -0.05) is 35.3 Å². The summed E-state index contributed by atoms with van der Waals surface area (Å²) < 4.78 is 0.467. The Morgan fingerprint density at radius 1 is 1.57 bits per heavy atom. The van der Waals surface area contributed by atoms with Gasteiger partial charge < -0.3 is 0 Å². The molecule has 0 aliphatic carbocycles. The summed E-state index contributed by atoms with van der Waals surface area (Å²) in [4.78, 5) is 0. The van der Waals surface area contributed by atoms with Crippen molar-refractivity contribution in [1.29, 1.82) is 0 Å². The molecule has 0 aromatic rings. The molecule has 0 aromatic heterocycles. The Kier molecular flexibility index (Phi) is 3.80. The van der Waals surface area contributed by atoms with Gasteiger partial charge in [0.05, 0.1) is 0 Å². The van der Waals surface area contributed by atoms with Gasteiger partial charge in [0.25, 0.3) is 0 Å². The lowest BCUT2D eigenvalue weighted by Crippen LogP contribution is -1.76. The molecule has 0 spiro atoms. The van der Waals surface area contributed by atoms with Crippen LogP contribution in [0.2, 0.25) is 0 Å². The van der Waals surface area contributed by atoms with Gasteiger partial charge in [-0.3, -0.25) is 0 Å². The van der Waals surface area contributed by atoms with Crippen LogP contribution < -0.4 is 0 Å². The second kappa shape index (κ2) is 3.53. The molecule has 0 bridgehead atoms. The van der Waals surface area contributed by atoms with Crippen molar-refractivity contribution in [2.24, 2.45) is 0 Å². The minimum absolute atomic E-state index is 0.467. The van der Waals surface area contributed by atoms with Crippen molar-refractivity contribution in [3.63, 3.8) is 0 Å². The highest BCUT2D eigenvalue weighted by Crippen LogP contribution is 2.12. The molecule has 0 aromatic carbocycles. The summed E-state index contributed by atoms with van der Waals surface area (Å²) in [6.07, 6.45) is 0.995. The van der Waals surface area contributed by atoms with Crippen molar-refractivity contribution >= 4 is 33.4 Å². The lowest BCUT2D eigenvalue weighted by atomic mass is 10.5. The van der Waals surface area contributed by atoms with E-state index in [1.165, 1.54) is 5.20 Å². The van der Waals surface area contributed by atoms with Gasteiger partial charge in [-0.25, -0.2) is 0 Å². The van der Waals surface area contributed by atoms with E-state index in [1.54, 1.807) is 0 Å². The minimum atomic E-state index is 0.467. The maximum absolute atomic E-state index is 5.41. The third-order valence-electron chi connectivity index (χ3n) is 0.853. The predicted molar refractivity (Wildman–Crippen MR) is 39.0 cm³/mol. The van der Waals surface area contributed by atoms with Gasteiger partial charge in [0.1, 0.15) is 4.49 Å². The molecule has 7 heavy (non-hydrogen) atoms. The molecule has 0 N–H and O–H groups in total. The van der Waals surface area contributed by atoms with Gasteiger partial charge in [0, 0.05) is 10.2 Å². The molecule has 0 nitrogen and oxygen atoms in total. The molecule has 0 saturated heterocycles. The molecule has 0 aliphatic rings. The number of hydrogen-bond acceptors (Lipinski definition) is 0. The summed E-state index contributed by atoms with van der Waals surface area (Å²) in [5, 5.41) is 1.18. The molecule has 0 heterocycles. The SMILES string of the molecule is CCC([SiH3])=C(Cl)Cl. The summed E-state index contributed by atoms with van der Waals surface area (Å²) in [5.41, 5.74) is 0. The summed E-state index contributed by atoms with van der Waals surface area (Å²) in [6.45, 7) is 2.05. The maximum atomic E-state index is 5.41. The Balaban J connectivity index is 3.72. The Morgan fingerprint density at radius 2 is 2.00 bits per heavy atom. The molecular weight excluding hydrogens is 147 g/mol. The largest absolute Gasteiger partial charge is 0.101 e. The highest BCUT2D eigenvalue weighted by molar-refractivity contribution is 6.58. The molecule has 0 amide bonds. The van der Waals surface area contributed by atoms with Crippen molar-refractivity contribution < 1.29 is 0 Å². The molecular formula is C4H8Cl2Si. The molecule has 0 atom stereocenters. The highest BCUT2D eigenvalue weighted by Gasteiger charge is 1.88. The zero-order valence-corrected chi connectivity index (χ0v) is 7.97. The molecule has 0 fully saturated rings. The monoisotopic (exact) mass is 154 g/mol. The zero-order valence-electron chi connectivity index (χ0n) is 4.46. The number of halogens is 2. The van der Waals surface area contributed by atoms with Crippen molar-refractivity contribution in [2.75, 3.05) is 0 Å². The van der Waals surface area contributed by atoms with E-state index in [-0.39, 0.29) is 0 Å². The van der Waals surface area contributed by atoms with Crippen molar-refractivity contribution in [3.8, 4) is 0 Å². The Bertz CT molecular complexity index is 83.7. The van der Waals surface area contributed by atoms with E-state index in [4.69, 9.17) is 23.2 Å². The number of hydrogen-bond donors (Lipinski definition) is 0. The van der Waals surface area contributed by atoms with Crippen molar-refractivity contribution in [1.82, 2.24) is 0 Å². The minimum Gasteiger partial charge on any atom is -0.0714 e. The van der Waals surface area contributed by atoms with E-state index in [9.17, 15) is 0 Å². The van der Waals surface area contributed by atoms with E-state index in [1.807, 2.05) is 6.92 Å². The van der Waals surface area contributed by atoms with Crippen LogP contribution in [-0.4, -0.2) is 10.2 Å². The summed E-state index contributed by atoms with van der Waals surface area (Å²) in [5.74, 6) is 0. The van der Waals surface area contributed by atoms with Crippen LogP contribution in [0.25, 0.3) is 0 Å². The smallest absolute Gasteiger partial charge is 0.0714 e. The second-order valence-corrected chi connectivity index (χ2v) is 3.55. The van der Waals surface area contributed by atoms with Crippen LogP contribution >= 0.6 is 23.2 Å². The van der Waals surface area contributed by atoms with E-state index in [2.05, 4.69) is 0 Å². The van der Waals surface area contributed by atoms with Crippen LogP contribution in [0.1, 0.15) is 13.3 Å². The fraction of sp³-hybridized carbons (Fsp3) is 0.500. The summed E-state index contributed by atoms with van der Waals surface area (Å²) in [6, 6.07) is 0. The van der Waals surface area contributed by atoms with E-state index in [0.29, 0.717) is 4.49 Å². The van der Waals surface area contributed by atoms with Crippen molar-refractivity contribution in [2.45, 2.75) is 13.3 Å². The summed E-state index contributed by atoms with van der Waals surface area (Å²) >= 11 is 10.8. The first-order valence-electron chi connectivity index (χ1n) is 2.19. The zero-order chi connectivity index (χ0) is 5.86. The van der Waals surface area contributed by atoms with Crippen molar-refractivity contribution in [3.05, 3.63) is 9.69 Å². The van der Waals surface area contributed by atoms with Gasteiger partial charge in [0.2, 0.25) is 0 Å². The lowest BCUT2D eigenvalue weighted by Gasteiger charge is -1.90. The highest BCUT2D eigenvalue weighted by atomic mass is 35.5. The predicted octanol–water partition coefficient (Wildman–Crippen LogP) is 1.41. The summed E-state index contributed by atoms with van der Waals surface area (Å²) in [7, 11) is 0.990. The van der Waals surface area contributed by atoms with E-state index >= 15 is 0 Å². The fourth-order valence-electron chi connectivity index (χ4n) is 0.134. The van der Waals surface area contributed by atoms with Crippen LogP contribution in [0.4, 0.5) is 0 Å². The second-order valence-electron chi connectivity index (χ2n) is 1.39. The lowest BCUT2D eigenvalue weighted by molar-refractivity contribution is 1.19. The first kappa shape index (κ1) is 7.54. The van der Waals surface area contributed by atoms with Gasteiger partial charge in [-0.15, -0.1) is 0 Å². The number of rotatable bonds is 1. The van der Waals surface area contributed by atoms with Crippen LogP contribution in [-0.2, 0) is 0 Å². The van der Waals surface area contributed by atoms with Crippen LogP contribution in [0.5, 0.6) is 0 Å². The van der Waals surface area contributed by atoms with Crippen LogP contribution in [0.3, 0.4) is 0 Å². The van der Waals surface area contributed by atoms with E-state index in [0.717, 1.165) is 16.7 Å². The molecule has 0 saturated carbocycles. The Labute approximate surface area is 56.9 Å². The molecule has 0 aliphatic heterocycles. The average Bonchev–Trinajstić information content (AvgIpc) is 1.65. The number of allylic oxidation sites excluding steroid dienone is 1. The quantitative estimate of drug-likeness (QED) is 0.502. The fourth-order valence-corrected chi connectivity index (χ4v) is 0.401. The third-order valence-corrected chi connectivity index (χ3v) is 3.34. The topological polar surface area (TPSA) is 0 Å². The molecule has 0 radical (unpaired) electrons. The molecule has 42 valence electrons. The Hall–Kier alpha value is 0.537. The van der Waals surface area contributed by atoms with Crippen LogP contribution in [0, 0.1) is 0 Å². The maximum Gasteiger partial charge on any atom is 0.101 e. The van der Waals surface area contributed by atoms with Gasteiger partial charge >= 0.3 is 0 Å².